The Balaban J connectivity index is 2.67. The van der Waals surface area contributed by atoms with Crippen LogP contribution in [0.5, 0.6) is 0 Å². The van der Waals surface area contributed by atoms with Crippen LogP contribution >= 0.6 is 0 Å². The number of hydrogen-bond acceptors (Lipinski definition) is 3. The van der Waals surface area contributed by atoms with E-state index in [4.69, 9.17) is 10.2 Å². The molecule has 1 rings (SSSR count). The Morgan fingerprint density at radius 1 is 1.29 bits per heavy atom. The number of hydrogen-bond donors (Lipinski definition) is 4. The number of carboxylic acids is 2. The lowest BCUT2D eigenvalue weighted by atomic mass is 10.1. The fraction of sp³-hybridized carbons (Fsp3) is 0.308. The number of halogens is 1. The van der Waals surface area contributed by atoms with Crippen LogP contribution in [0.15, 0.2) is 18.2 Å². The molecule has 1 atom stereocenters. The molecular formula is C13H15FN2O5. The second-order valence-electron chi connectivity index (χ2n) is 4.33. The molecule has 0 aliphatic rings. The molecule has 0 spiro atoms. The van der Waals surface area contributed by atoms with E-state index in [1.807, 2.05) is 0 Å². The van der Waals surface area contributed by atoms with E-state index in [0.717, 1.165) is 0 Å². The van der Waals surface area contributed by atoms with Gasteiger partial charge in [-0.2, -0.15) is 0 Å². The second kappa shape index (κ2) is 7.22. The van der Waals surface area contributed by atoms with Crippen molar-refractivity contribution in [2.75, 3.05) is 5.32 Å². The minimum atomic E-state index is -1.35. The first-order valence-electron chi connectivity index (χ1n) is 6.08. The van der Waals surface area contributed by atoms with Gasteiger partial charge in [-0.15, -0.1) is 0 Å². The SMILES string of the molecule is Cc1c(F)cccc1NC(=O)NC(CCC(=O)O)C(=O)O. The summed E-state index contributed by atoms with van der Waals surface area (Å²) in [7, 11) is 0. The van der Waals surface area contributed by atoms with E-state index in [2.05, 4.69) is 10.6 Å². The molecule has 7 nitrogen and oxygen atoms in total. The van der Waals surface area contributed by atoms with Crippen molar-refractivity contribution in [2.45, 2.75) is 25.8 Å². The summed E-state index contributed by atoms with van der Waals surface area (Å²) in [5.41, 5.74) is 0.417. The average Bonchev–Trinajstić information content (AvgIpc) is 2.39. The fourth-order valence-corrected chi connectivity index (χ4v) is 1.58. The quantitative estimate of drug-likeness (QED) is 0.636. The molecule has 0 fully saturated rings. The first kappa shape index (κ1) is 16.4. The zero-order valence-electron chi connectivity index (χ0n) is 11.2. The summed E-state index contributed by atoms with van der Waals surface area (Å²) in [5, 5.41) is 21.9. The van der Waals surface area contributed by atoms with Crippen molar-refractivity contribution in [1.29, 1.82) is 0 Å². The van der Waals surface area contributed by atoms with E-state index < -0.39 is 36.2 Å². The summed E-state index contributed by atoms with van der Waals surface area (Å²) < 4.78 is 13.3. The maximum Gasteiger partial charge on any atom is 0.326 e. The van der Waals surface area contributed by atoms with E-state index in [1.165, 1.54) is 25.1 Å². The highest BCUT2D eigenvalue weighted by Crippen LogP contribution is 2.17. The van der Waals surface area contributed by atoms with Crippen molar-refractivity contribution < 1.29 is 29.0 Å². The third-order valence-corrected chi connectivity index (χ3v) is 2.77. The van der Waals surface area contributed by atoms with Gasteiger partial charge < -0.3 is 20.8 Å². The highest BCUT2D eigenvalue weighted by atomic mass is 19.1. The third kappa shape index (κ3) is 5.09. The number of carboxylic acid groups (broad SMARTS) is 2. The molecule has 0 heterocycles. The smallest absolute Gasteiger partial charge is 0.326 e. The van der Waals surface area contributed by atoms with Crippen molar-refractivity contribution in [3.63, 3.8) is 0 Å². The number of carbonyl (C=O) groups excluding carboxylic acids is 1. The van der Waals surface area contributed by atoms with E-state index in [0.29, 0.717) is 0 Å². The Kier molecular flexibility index (Phi) is 5.65. The van der Waals surface area contributed by atoms with Gasteiger partial charge in [0.15, 0.2) is 0 Å². The maximum atomic E-state index is 13.3. The van der Waals surface area contributed by atoms with Crippen LogP contribution in [0.25, 0.3) is 0 Å². The molecule has 8 heteroatoms. The van der Waals surface area contributed by atoms with Crippen LogP contribution in [-0.2, 0) is 9.59 Å². The third-order valence-electron chi connectivity index (χ3n) is 2.77. The molecule has 1 aromatic carbocycles. The Hall–Kier alpha value is -2.64. The number of anilines is 1. The highest BCUT2D eigenvalue weighted by Gasteiger charge is 2.21. The molecule has 0 saturated heterocycles. The van der Waals surface area contributed by atoms with Gasteiger partial charge in [-0.1, -0.05) is 6.07 Å². The minimum absolute atomic E-state index is 0.204. The Labute approximate surface area is 119 Å². The van der Waals surface area contributed by atoms with E-state index in [-0.39, 0.29) is 17.7 Å². The topological polar surface area (TPSA) is 116 Å². The number of aliphatic carboxylic acids is 2. The van der Waals surface area contributed by atoms with Crippen LogP contribution in [0.2, 0.25) is 0 Å². The van der Waals surface area contributed by atoms with Crippen molar-refractivity contribution in [3.8, 4) is 0 Å². The Bertz CT molecular complexity index is 561. The maximum absolute atomic E-state index is 13.3. The molecule has 0 aromatic heterocycles. The molecule has 1 aromatic rings. The van der Waals surface area contributed by atoms with Crippen molar-refractivity contribution in [2.24, 2.45) is 0 Å². The van der Waals surface area contributed by atoms with Crippen LogP contribution in [0, 0.1) is 12.7 Å². The summed E-state index contributed by atoms with van der Waals surface area (Å²) in [6.45, 7) is 1.46. The lowest BCUT2D eigenvalue weighted by molar-refractivity contribution is -0.140. The number of urea groups is 1. The minimum Gasteiger partial charge on any atom is -0.481 e. The van der Waals surface area contributed by atoms with Crippen LogP contribution < -0.4 is 10.6 Å². The molecule has 114 valence electrons. The van der Waals surface area contributed by atoms with Gasteiger partial charge in [0.1, 0.15) is 11.9 Å². The monoisotopic (exact) mass is 298 g/mol. The summed E-state index contributed by atoms with van der Waals surface area (Å²) in [6, 6.07) is 1.91. The zero-order chi connectivity index (χ0) is 16.0. The molecule has 0 saturated carbocycles. The zero-order valence-corrected chi connectivity index (χ0v) is 11.2. The van der Waals surface area contributed by atoms with E-state index in [1.54, 1.807) is 0 Å². The summed E-state index contributed by atoms with van der Waals surface area (Å²) in [4.78, 5) is 33.0. The molecule has 4 N–H and O–H groups in total. The van der Waals surface area contributed by atoms with Gasteiger partial charge in [0.2, 0.25) is 0 Å². The predicted molar refractivity (Wildman–Crippen MR) is 71.6 cm³/mol. The molecule has 0 radical (unpaired) electrons. The van der Waals surface area contributed by atoms with E-state index >= 15 is 0 Å². The van der Waals surface area contributed by atoms with Crippen LogP contribution in [0.3, 0.4) is 0 Å². The number of benzene rings is 1. The largest absolute Gasteiger partial charge is 0.481 e. The number of nitrogens with one attached hydrogen (secondary N) is 2. The second-order valence-corrected chi connectivity index (χ2v) is 4.33. The lowest BCUT2D eigenvalue weighted by Crippen LogP contribution is -2.43. The van der Waals surface area contributed by atoms with Crippen LogP contribution in [0.1, 0.15) is 18.4 Å². The summed E-state index contributed by atoms with van der Waals surface area (Å²) in [5.74, 6) is -3.01. The first-order chi connectivity index (χ1) is 9.81. The van der Waals surface area contributed by atoms with Gasteiger partial charge >= 0.3 is 18.0 Å². The normalized spacial score (nSPS) is 11.5. The number of amides is 2. The van der Waals surface area contributed by atoms with Crippen LogP contribution in [0.4, 0.5) is 14.9 Å². The van der Waals surface area contributed by atoms with Crippen molar-refractivity contribution >= 4 is 23.7 Å². The Morgan fingerprint density at radius 2 is 1.95 bits per heavy atom. The molecule has 1 unspecified atom stereocenters. The summed E-state index contributed by atoms with van der Waals surface area (Å²) >= 11 is 0. The van der Waals surface area contributed by atoms with Crippen LogP contribution in [-0.4, -0.2) is 34.2 Å². The lowest BCUT2D eigenvalue weighted by Gasteiger charge is -2.15. The number of carbonyl (C=O) groups is 3. The predicted octanol–water partition coefficient (Wildman–Crippen LogP) is 1.57. The van der Waals surface area contributed by atoms with E-state index in [9.17, 15) is 18.8 Å². The fourth-order valence-electron chi connectivity index (χ4n) is 1.58. The van der Waals surface area contributed by atoms with Crippen molar-refractivity contribution in [3.05, 3.63) is 29.6 Å². The molecule has 0 bridgehead atoms. The van der Waals surface area contributed by atoms with Gasteiger partial charge in [-0.3, -0.25) is 4.79 Å². The van der Waals surface area contributed by atoms with Crippen molar-refractivity contribution in [1.82, 2.24) is 5.32 Å². The Morgan fingerprint density at radius 3 is 2.52 bits per heavy atom. The summed E-state index contributed by atoms with van der Waals surface area (Å²) in [6.07, 6.45) is -0.642. The molecule has 0 aliphatic heterocycles. The highest BCUT2D eigenvalue weighted by molar-refractivity contribution is 5.93. The first-order valence-corrected chi connectivity index (χ1v) is 6.08. The molecular weight excluding hydrogens is 283 g/mol. The van der Waals surface area contributed by atoms with Gasteiger partial charge in [0.05, 0.1) is 0 Å². The van der Waals surface area contributed by atoms with Gasteiger partial charge in [0.25, 0.3) is 0 Å². The molecule has 21 heavy (non-hydrogen) atoms. The standard InChI is InChI=1S/C13H15FN2O5/c1-7-8(14)3-2-4-9(7)15-13(21)16-10(12(19)20)5-6-11(17)18/h2-4,10H,5-6H2,1H3,(H,17,18)(H,19,20)(H2,15,16,21). The molecule has 0 aliphatic carbocycles. The van der Waals surface area contributed by atoms with Gasteiger partial charge in [0, 0.05) is 17.7 Å². The average molecular weight is 298 g/mol. The van der Waals surface area contributed by atoms with Gasteiger partial charge in [-0.25, -0.2) is 14.0 Å². The van der Waals surface area contributed by atoms with Gasteiger partial charge in [-0.05, 0) is 25.5 Å². The molecule has 2 amide bonds. The number of rotatable bonds is 6.